The van der Waals surface area contributed by atoms with Crippen molar-refractivity contribution in [3.8, 4) is 11.8 Å². The van der Waals surface area contributed by atoms with Gasteiger partial charge in [0.15, 0.2) is 0 Å². The molecular formula is C15H22N2O. The molecule has 1 aromatic rings. The van der Waals surface area contributed by atoms with Crippen LogP contribution in [-0.2, 0) is 6.54 Å². The third kappa shape index (κ3) is 3.24. The number of methoxy groups -OCH3 is 1. The first-order valence-electron chi connectivity index (χ1n) is 6.20. The highest BCUT2D eigenvalue weighted by atomic mass is 16.5. The average molecular weight is 246 g/mol. The van der Waals surface area contributed by atoms with E-state index >= 15 is 0 Å². The lowest BCUT2D eigenvalue weighted by Crippen LogP contribution is -2.20. The topological polar surface area (TPSA) is 36.3 Å². The van der Waals surface area contributed by atoms with E-state index in [1.54, 1.807) is 7.11 Å². The van der Waals surface area contributed by atoms with Gasteiger partial charge in [0.05, 0.1) is 13.2 Å². The quantitative estimate of drug-likeness (QED) is 0.801. The van der Waals surface area contributed by atoms with Gasteiger partial charge in [0.2, 0.25) is 0 Å². The van der Waals surface area contributed by atoms with Crippen LogP contribution in [0, 0.1) is 32.1 Å². The Labute approximate surface area is 110 Å². The molecule has 0 amide bonds. The van der Waals surface area contributed by atoms with Crippen molar-refractivity contribution in [3.63, 3.8) is 0 Å². The van der Waals surface area contributed by atoms with Gasteiger partial charge in [-0.25, -0.2) is 0 Å². The standard InChI is InChI=1S/C15H22N2O/c1-11-9-12(2)14(15(18-5)13(11)3)10-17(4)8-6-7-16/h9H,6,8,10H2,1-5H3. The Hall–Kier alpha value is -1.53. The first kappa shape index (κ1) is 14.5. The Kier molecular flexibility index (Phi) is 5.18. The van der Waals surface area contributed by atoms with Crippen LogP contribution in [0.2, 0.25) is 0 Å². The lowest BCUT2D eigenvalue weighted by molar-refractivity contribution is 0.322. The molecule has 0 radical (unpaired) electrons. The number of nitriles is 1. The molecule has 3 nitrogen and oxygen atoms in total. The molecule has 1 aromatic carbocycles. The monoisotopic (exact) mass is 246 g/mol. The van der Waals surface area contributed by atoms with Gasteiger partial charge in [-0.05, 0) is 44.5 Å². The fourth-order valence-corrected chi connectivity index (χ4v) is 2.17. The summed E-state index contributed by atoms with van der Waals surface area (Å²) in [6.07, 6.45) is 0.558. The van der Waals surface area contributed by atoms with Crippen LogP contribution in [0.1, 0.15) is 28.7 Å². The summed E-state index contributed by atoms with van der Waals surface area (Å²) >= 11 is 0. The van der Waals surface area contributed by atoms with E-state index in [2.05, 4.69) is 37.8 Å². The van der Waals surface area contributed by atoms with E-state index in [-0.39, 0.29) is 0 Å². The maximum Gasteiger partial charge on any atom is 0.126 e. The van der Waals surface area contributed by atoms with Crippen molar-refractivity contribution in [1.29, 1.82) is 5.26 Å². The molecule has 0 aliphatic rings. The van der Waals surface area contributed by atoms with Gasteiger partial charge in [0.1, 0.15) is 5.75 Å². The highest BCUT2D eigenvalue weighted by molar-refractivity contribution is 5.49. The lowest BCUT2D eigenvalue weighted by atomic mass is 9.98. The summed E-state index contributed by atoms with van der Waals surface area (Å²) in [4.78, 5) is 2.16. The van der Waals surface area contributed by atoms with Crippen LogP contribution >= 0.6 is 0 Å². The van der Waals surface area contributed by atoms with Crippen LogP contribution in [0.15, 0.2) is 6.07 Å². The van der Waals surface area contributed by atoms with Crippen molar-refractivity contribution >= 4 is 0 Å². The fraction of sp³-hybridized carbons (Fsp3) is 0.533. The van der Waals surface area contributed by atoms with Crippen LogP contribution in [0.4, 0.5) is 0 Å². The maximum atomic E-state index is 8.62. The Morgan fingerprint density at radius 3 is 2.50 bits per heavy atom. The molecule has 98 valence electrons. The van der Waals surface area contributed by atoms with Crippen LogP contribution in [-0.4, -0.2) is 25.6 Å². The molecule has 0 saturated carbocycles. The fourth-order valence-electron chi connectivity index (χ4n) is 2.17. The third-order valence-corrected chi connectivity index (χ3v) is 3.35. The van der Waals surface area contributed by atoms with E-state index in [0.29, 0.717) is 6.42 Å². The highest BCUT2D eigenvalue weighted by Gasteiger charge is 2.13. The molecule has 0 aliphatic heterocycles. The van der Waals surface area contributed by atoms with Gasteiger partial charge in [-0.1, -0.05) is 6.07 Å². The zero-order valence-electron chi connectivity index (χ0n) is 12.0. The van der Waals surface area contributed by atoms with Crippen molar-refractivity contribution in [1.82, 2.24) is 4.90 Å². The predicted octanol–water partition coefficient (Wildman–Crippen LogP) is 2.97. The molecule has 0 aliphatic carbocycles. The third-order valence-electron chi connectivity index (χ3n) is 3.35. The van der Waals surface area contributed by atoms with Gasteiger partial charge in [-0.15, -0.1) is 0 Å². The summed E-state index contributed by atoms with van der Waals surface area (Å²) in [5.74, 6) is 0.983. The van der Waals surface area contributed by atoms with E-state index in [4.69, 9.17) is 10.00 Å². The minimum absolute atomic E-state index is 0.558. The molecule has 0 bridgehead atoms. The van der Waals surface area contributed by atoms with Crippen molar-refractivity contribution in [2.75, 3.05) is 20.7 Å². The smallest absolute Gasteiger partial charge is 0.126 e. The Bertz CT molecular complexity index is 461. The number of ether oxygens (including phenoxy) is 1. The largest absolute Gasteiger partial charge is 0.496 e. The second-order valence-electron chi connectivity index (χ2n) is 4.79. The predicted molar refractivity (Wildman–Crippen MR) is 73.8 cm³/mol. The first-order chi connectivity index (χ1) is 8.51. The molecule has 0 heterocycles. The number of benzene rings is 1. The summed E-state index contributed by atoms with van der Waals surface area (Å²) in [7, 11) is 3.76. The van der Waals surface area contributed by atoms with E-state index in [1.165, 1.54) is 22.3 Å². The Morgan fingerprint density at radius 2 is 1.94 bits per heavy atom. The summed E-state index contributed by atoms with van der Waals surface area (Å²) in [5, 5.41) is 8.62. The molecule has 0 spiro atoms. The summed E-state index contributed by atoms with van der Waals surface area (Å²) in [5.41, 5.74) is 4.93. The number of nitrogens with zero attached hydrogens (tertiary/aromatic N) is 2. The minimum atomic E-state index is 0.558. The normalized spacial score (nSPS) is 10.5. The van der Waals surface area contributed by atoms with Crippen molar-refractivity contribution in [2.45, 2.75) is 33.7 Å². The molecule has 0 atom stereocenters. The van der Waals surface area contributed by atoms with Crippen molar-refractivity contribution in [2.24, 2.45) is 0 Å². The SMILES string of the molecule is COc1c(C)c(C)cc(C)c1CN(C)CCC#N. The van der Waals surface area contributed by atoms with Gasteiger partial charge < -0.3 is 9.64 Å². The number of hydrogen-bond donors (Lipinski definition) is 0. The van der Waals surface area contributed by atoms with E-state index < -0.39 is 0 Å². The molecule has 0 unspecified atom stereocenters. The Morgan fingerprint density at radius 1 is 1.28 bits per heavy atom. The van der Waals surface area contributed by atoms with Gasteiger partial charge >= 0.3 is 0 Å². The average Bonchev–Trinajstić information content (AvgIpc) is 2.34. The maximum absolute atomic E-state index is 8.62. The second-order valence-corrected chi connectivity index (χ2v) is 4.79. The number of rotatable bonds is 5. The van der Waals surface area contributed by atoms with E-state index in [9.17, 15) is 0 Å². The van der Waals surface area contributed by atoms with Crippen molar-refractivity contribution in [3.05, 3.63) is 28.3 Å². The number of aryl methyl sites for hydroxylation is 2. The van der Waals surface area contributed by atoms with Gasteiger partial charge in [-0.3, -0.25) is 0 Å². The minimum Gasteiger partial charge on any atom is -0.496 e. The Balaban J connectivity index is 3.01. The highest BCUT2D eigenvalue weighted by Crippen LogP contribution is 2.30. The van der Waals surface area contributed by atoms with Crippen molar-refractivity contribution < 1.29 is 4.74 Å². The van der Waals surface area contributed by atoms with Crippen LogP contribution in [0.3, 0.4) is 0 Å². The zero-order valence-corrected chi connectivity index (χ0v) is 12.0. The molecule has 1 rings (SSSR count). The molecule has 0 fully saturated rings. The molecule has 18 heavy (non-hydrogen) atoms. The van der Waals surface area contributed by atoms with E-state index in [0.717, 1.165) is 18.8 Å². The molecule has 0 N–H and O–H groups in total. The van der Waals surface area contributed by atoms with E-state index in [1.807, 2.05) is 7.05 Å². The summed E-state index contributed by atoms with van der Waals surface area (Å²) in [6.45, 7) is 7.91. The summed E-state index contributed by atoms with van der Waals surface area (Å²) < 4.78 is 5.55. The molecule has 0 aromatic heterocycles. The lowest BCUT2D eigenvalue weighted by Gasteiger charge is -2.21. The second kappa shape index (κ2) is 6.42. The van der Waals surface area contributed by atoms with Crippen LogP contribution in [0.25, 0.3) is 0 Å². The first-order valence-corrected chi connectivity index (χ1v) is 6.20. The van der Waals surface area contributed by atoms with Gasteiger partial charge in [-0.2, -0.15) is 5.26 Å². The summed E-state index contributed by atoms with van der Waals surface area (Å²) in [6, 6.07) is 4.37. The molecular weight excluding hydrogens is 224 g/mol. The van der Waals surface area contributed by atoms with Crippen LogP contribution in [0.5, 0.6) is 5.75 Å². The zero-order chi connectivity index (χ0) is 13.7. The van der Waals surface area contributed by atoms with Gasteiger partial charge in [0.25, 0.3) is 0 Å². The van der Waals surface area contributed by atoms with Crippen LogP contribution < -0.4 is 4.74 Å². The molecule has 3 heteroatoms. The van der Waals surface area contributed by atoms with Gasteiger partial charge in [0, 0.05) is 25.1 Å². The number of hydrogen-bond acceptors (Lipinski definition) is 3. The molecule has 0 saturated heterocycles.